The van der Waals surface area contributed by atoms with Crippen LogP contribution in [0.2, 0.25) is 0 Å². The normalized spacial score (nSPS) is 18.9. The van der Waals surface area contributed by atoms with E-state index in [1.54, 1.807) is 0 Å². The third kappa shape index (κ3) is 3.70. The molecule has 4 heteroatoms. The zero-order valence-corrected chi connectivity index (χ0v) is 12.2. The van der Waals surface area contributed by atoms with Crippen LogP contribution in [0.3, 0.4) is 0 Å². The first-order valence-corrected chi connectivity index (χ1v) is 7.46. The topological polar surface area (TPSA) is 47.3 Å². The number of hydrogen-bond acceptors (Lipinski definition) is 3. The van der Waals surface area contributed by atoms with Gasteiger partial charge >= 0.3 is 0 Å². The van der Waals surface area contributed by atoms with E-state index in [-0.39, 0.29) is 0 Å². The van der Waals surface area contributed by atoms with Gasteiger partial charge in [-0.15, -0.1) is 0 Å². The molecule has 0 fully saturated rings. The minimum atomic E-state index is 0.411. The van der Waals surface area contributed by atoms with Gasteiger partial charge in [-0.05, 0) is 50.9 Å². The van der Waals surface area contributed by atoms with E-state index in [1.165, 1.54) is 5.56 Å². The fraction of sp³-hybridized carbons (Fsp3) is 0.571. The number of hydrogen-bond donors (Lipinski definition) is 2. The van der Waals surface area contributed by atoms with Crippen molar-refractivity contribution in [1.82, 2.24) is 5.32 Å². The molecular formula is C14H21BrN2O. The van der Waals surface area contributed by atoms with Crippen LogP contribution < -0.4 is 15.8 Å². The zero-order chi connectivity index (χ0) is 12.8. The minimum Gasteiger partial charge on any atom is -0.493 e. The molecular weight excluding hydrogens is 292 g/mol. The minimum absolute atomic E-state index is 0.411. The van der Waals surface area contributed by atoms with Crippen molar-refractivity contribution >= 4 is 15.9 Å². The van der Waals surface area contributed by atoms with Crippen LogP contribution in [-0.2, 0) is 0 Å². The van der Waals surface area contributed by atoms with Gasteiger partial charge in [-0.3, -0.25) is 0 Å². The first-order valence-electron chi connectivity index (χ1n) is 6.67. The molecule has 1 aromatic rings. The van der Waals surface area contributed by atoms with Crippen molar-refractivity contribution in [2.45, 2.75) is 31.7 Å². The Bertz CT molecular complexity index is 384. The number of unbranched alkanes of at least 4 members (excludes halogenated alkanes) is 1. The fourth-order valence-corrected chi connectivity index (χ4v) is 2.64. The van der Waals surface area contributed by atoms with Gasteiger partial charge in [-0.1, -0.05) is 22.0 Å². The Hall–Kier alpha value is -0.580. The van der Waals surface area contributed by atoms with Crippen LogP contribution in [0.1, 0.15) is 37.3 Å². The summed E-state index contributed by atoms with van der Waals surface area (Å²) in [6.07, 6.45) is 4.46. The molecule has 0 spiro atoms. The number of halogens is 1. The lowest BCUT2D eigenvalue weighted by molar-refractivity contribution is 0.315. The average Bonchev–Trinajstić information content (AvgIpc) is 2.56. The van der Waals surface area contributed by atoms with Crippen LogP contribution in [0.25, 0.3) is 0 Å². The zero-order valence-electron chi connectivity index (χ0n) is 10.6. The highest BCUT2D eigenvalue weighted by atomic mass is 79.9. The maximum atomic E-state index is 5.80. The van der Waals surface area contributed by atoms with Crippen molar-refractivity contribution in [3.8, 4) is 5.75 Å². The molecule has 2 rings (SSSR count). The largest absolute Gasteiger partial charge is 0.493 e. The predicted octanol–water partition coefficient (Wildman–Crippen LogP) is 2.99. The van der Waals surface area contributed by atoms with E-state index >= 15 is 0 Å². The van der Waals surface area contributed by atoms with E-state index < -0.39 is 0 Å². The second kappa shape index (κ2) is 7.12. The lowest BCUT2D eigenvalue weighted by Crippen LogP contribution is -2.22. The molecule has 3 nitrogen and oxygen atoms in total. The maximum absolute atomic E-state index is 5.80. The van der Waals surface area contributed by atoms with Crippen LogP contribution in [0.15, 0.2) is 22.7 Å². The van der Waals surface area contributed by atoms with Gasteiger partial charge in [0.15, 0.2) is 0 Å². The number of nitrogens with one attached hydrogen (secondary N) is 1. The van der Waals surface area contributed by atoms with Gasteiger partial charge in [0.1, 0.15) is 5.75 Å². The maximum Gasteiger partial charge on any atom is 0.125 e. The molecule has 3 N–H and O–H groups in total. The van der Waals surface area contributed by atoms with Gasteiger partial charge in [-0.2, -0.15) is 0 Å². The molecule has 0 bridgehead atoms. The monoisotopic (exact) mass is 312 g/mol. The SMILES string of the molecule is NCCCCNC1CCCOc2cc(Br)ccc21. The average molecular weight is 313 g/mol. The first kappa shape index (κ1) is 13.8. The van der Waals surface area contributed by atoms with Gasteiger partial charge in [0.05, 0.1) is 6.61 Å². The fourth-order valence-electron chi connectivity index (χ4n) is 2.30. The van der Waals surface area contributed by atoms with E-state index in [9.17, 15) is 0 Å². The summed E-state index contributed by atoms with van der Waals surface area (Å²) >= 11 is 3.49. The lowest BCUT2D eigenvalue weighted by atomic mass is 10.0. The Morgan fingerprint density at radius 2 is 2.28 bits per heavy atom. The molecule has 1 heterocycles. The Morgan fingerprint density at radius 3 is 3.11 bits per heavy atom. The third-order valence-electron chi connectivity index (χ3n) is 3.27. The van der Waals surface area contributed by atoms with Crippen LogP contribution in [0, 0.1) is 0 Å². The summed E-state index contributed by atoms with van der Waals surface area (Å²) < 4.78 is 6.87. The summed E-state index contributed by atoms with van der Waals surface area (Å²) in [4.78, 5) is 0. The quantitative estimate of drug-likeness (QED) is 0.822. The molecule has 1 atom stereocenters. The number of ether oxygens (including phenoxy) is 1. The highest BCUT2D eigenvalue weighted by Gasteiger charge is 2.19. The number of fused-ring (bicyclic) bond motifs is 1. The molecule has 0 amide bonds. The van der Waals surface area contributed by atoms with E-state index in [2.05, 4.69) is 39.4 Å². The van der Waals surface area contributed by atoms with Crippen molar-refractivity contribution in [3.63, 3.8) is 0 Å². The molecule has 0 saturated heterocycles. The highest BCUT2D eigenvalue weighted by Crippen LogP contribution is 2.33. The van der Waals surface area contributed by atoms with E-state index in [0.29, 0.717) is 6.04 Å². The molecule has 0 radical (unpaired) electrons. The molecule has 1 aromatic carbocycles. The van der Waals surface area contributed by atoms with Crippen LogP contribution in [-0.4, -0.2) is 19.7 Å². The summed E-state index contributed by atoms with van der Waals surface area (Å²) in [7, 11) is 0. The summed E-state index contributed by atoms with van der Waals surface area (Å²) in [5.74, 6) is 1.01. The van der Waals surface area contributed by atoms with Crippen molar-refractivity contribution in [2.75, 3.05) is 19.7 Å². The smallest absolute Gasteiger partial charge is 0.125 e. The van der Waals surface area contributed by atoms with Gasteiger partial charge in [0.2, 0.25) is 0 Å². The molecule has 0 saturated carbocycles. The second-order valence-corrected chi connectivity index (χ2v) is 5.59. The van der Waals surface area contributed by atoms with Gasteiger partial charge in [0, 0.05) is 16.1 Å². The third-order valence-corrected chi connectivity index (χ3v) is 3.76. The highest BCUT2D eigenvalue weighted by molar-refractivity contribution is 9.10. The summed E-state index contributed by atoms with van der Waals surface area (Å²) in [5.41, 5.74) is 6.79. The Kier molecular flexibility index (Phi) is 5.47. The second-order valence-electron chi connectivity index (χ2n) is 4.68. The molecule has 18 heavy (non-hydrogen) atoms. The Balaban J connectivity index is 2.02. The molecule has 0 aromatic heterocycles. The van der Waals surface area contributed by atoms with Gasteiger partial charge < -0.3 is 15.8 Å². The van der Waals surface area contributed by atoms with Crippen molar-refractivity contribution in [1.29, 1.82) is 0 Å². The lowest BCUT2D eigenvalue weighted by Gasteiger charge is -2.18. The van der Waals surface area contributed by atoms with Crippen LogP contribution in [0.5, 0.6) is 5.75 Å². The molecule has 100 valence electrons. The molecule has 1 unspecified atom stereocenters. The number of benzene rings is 1. The van der Waals surface area contributed by atoms with E-state index in [1.807, 2.05) is 0 Å². The van der Waals surface area contributed by atoms with Crippen molar-refractivity contribution in [3.05, 3.63) is 28.2 Å². The predicted molar refractivity (Wildman–Crippen MR) is 77.9 cm³/mol. The molecule has 1 aliphatic heterocycles. The van der Waals surface area contributed by atoms with Crippen LogP contribution >= 0.6 is 15.9 Å². The number of nitrogens with two attached hydrogens (primary N) is 1. The van der Waals surface area contributed by atoms with Gasteiger partial charge in [0.25, 0.3) is 0 Å². The van der Waals surface area contributed by atoms with E-state index in [4.69, 9.17) is 10.5 Å². The number of rotatable bonds is 5. The van der Waals surface area contributed by atoms with Gasteiger partial charge in [-0.25, -0.2) is 0 Å². The summed E-state index contributed by atoms with van der Waals surface area (Å²) in [6, 6.07) is 6.72. The van der Waals surface area contributed by atoms with Crippen molar-refractivity contribution < 1.29 is 4.74 Å². The van der Waals surface area contributed by atoms with Crippen molar-refractivity contribution in [2.24, 2.45) is 5.73 Å². The van der Waals surface area contributed by atoms with Crippen LogP contribution in [0.4, 0.5) is 0 Å². The Labute approximate surface area is 117 Å². The standard InChI is InChI=1S/C14H21BrN2O/c15-11-5-6-12-13(17-8-2-1-7-16)4-3-9-18-14(12)10-11/h5-6,10,13,17H,1-4,7-9,16H2. The molecule has 1 aliphatic rings. The first-order chi connectivity index (χ1) is 8.81. The summed E-state index contributed by atoms with van der Waals surface area (Å²) in [6.45, 7) is 2.61. The van der Waals surface area contributed by atoms with E-state index in [0.717, 1.165) is 55.6 Å². The molecule has 0 aliphatic carbocycles. The Morgan fingerprint density at radius 1 is 1.39 bits per heavy atom. The summed E-state index contributed by atoms with van der Waals surface area (Å²) in [5, 5.41) is 3.62.